The minimum atomic E-state index is -3.75. The molecule has 32 heavy (non-hydrogen) atoms. The van der Waals surface area contributed by atoms with Crippen LogP contribution in [0.1, 0.15) is 63.1 Å². The number of sulfone groups is 1. The third kappa shape index (κ3) is 5.57. The number of amides is 1. The zero-order valence-corrected chi connectivity index (χ0v) is 20.5. The lowest BCUT2D eigenvalue weighted by Crippen LogP contribution is -2.30. The van der Waals surface area contributed by atoms with Crippen LogP contribution in [0, 0.1) is 0 Å². The van der Waals surface area contributed by atoms with Crippen molar-refractivity contribution in [3.63, 3.8) is 0 Å². The average molecular weight is 483 g/mol. The van der Waals surface area contributed by atoms with Crippen LogP contribution in [0.2, 0.25) is 0 Å². The molecule has 0 aliphatic carbocycles. The molecule has 1 atom stereocenters. The van der Waals surface area contributed by atoms with Gasteiger partial charge >= 0.3 is 0 Å². The Hall–Kier alpha value is -2.24. The molecule has 2 aromatic rings. The number of nitrogens with one attached hydrogen (secondary N) is 2. The van der Waals surface area contributed by atoms with Gasteiger partial charge in [-0.3, -0.25) is 4.79 Å². The quantitative estimate of drug-likeness (QED) is 0.651. The monoisotopic (exact) mass is 482 g/mol. The van der Waals surface area contributed by atoms with Gasteiger partial charge in [0.05, 0.1) is 28.1 Å². The van der Waals surface area contributed by atoms with Crippen LogP contribution in [0.15, 0.2) is 35.2 Å². The molecule has 11 heteroatoms. The van der Waals surface area contributed by atoms with Crippen LogP contribution >= 0.6 is 0 Å². The second-order valence-corrected chi connectivity index (χ2v) is 13.4. The second-order valence-electron chi connectivity index (χ2n) is 9.42. The summed E-state index contributed by atoms with van der Waals surface area (Å²) >= 11 is 0. The minimum Gasteiger partial charge on any atom is -0.307 e. The van der Waals surface area contributed by atoms with Gasteiger partial charge in [-0.05, 0) is 38.5 Å². The zero-order chi connectivity index (χ0) is 23.9. The molecule has 1 saturated heterocycles. The lowest BCUT2D eigenvalue weighted by Gasteiger charge is -2.16. The van der Waals surface area contributed by atoms with E-state index in [-0.39, 0.29) is 39.5 Å². The van der Waals surface area contributed by atoms with Crippen LogP contribution < -0.4 is 10.0 Å². The van der Waals surface area contributed by atoms with Crippen molar-refractivity contribution in [3.05, 3.63) is 41.6 Å². The van der Waals surface area contributed by atoms with Gasteiger partial charge in [-0.2, -0.15) is 5.10 Å². The fourth-order valence-electron chi connectivity index (χ4n) is 3.47. The topological polar surface area (TPSA) is 127 Å². The summed E-state index contributed by atoms with van der Waals surface area (Å²) in [6, 6.07) is 6.85. The first kappa shape index (κ1) is 24.4. The highest BCUT2D eigenvalue weighted by Gasteiger charge is 2.33. The Balaban J connectivity index is 1.93. The largest absolute Gasteiger partial charge is 0.307 e. The molecule has 1 fully saturated rings. The summed E-state index contributed by atoms with van der Waals surface area (Å²) in [5.41, 5.74) is 0.578. The van der Waals surface area contributed by atoms with Crippen molar-refractivity contribution in [1.82, 2.24) is 14.5 Å². The number of benzene rings is 1. The minimum absolute atomic E-state index is 0.00961. The van der Waals surface area contributed by atoms with E-state index < -0.39 is 25.8 Å². The summed E-state index contributed by atoms with van der Waals surface area (Å²) in [6.07, 6.45) is 0.422. The van der Waals surface area contributed by atoms with Crippen LogP contribution in [0.3, 0.4) is 0 Å². The van der Waals surface area contributed by atoms with E-state index in [9.17, 15) is 21.6 Å². The predicted molar refractivity (Wildman–Crippen MR) is 123 cm³/mol. The Kier molecular flexibility index (Phi) is 6.56. The maximum absolute atomic E-state index is 13.0. The number of rotatable bonds is 6. The van der Waals surface area contributed by atoms with E-state index in [0.29, 0.717) is 12.2 Å². The van der Waals surface area contributed by atoms with E-state index in [4.69, 9.17) is 0 Å². The van der Waals surface area contributed by atoms with E-state index >= 15 is 0 Å². The van der Waals surface area contributed by atoms with Gasteiger partial charge in [0.2, 0.25) is 10.0 Å². The summed E-state index contributed by atoms with van der Waals surface area (Å²) in [6.45, 7) is 9.36. The fraction of sp³-hybridized carbons (Fsp3) is 0.524. The Bertz CT molecular complexity index is 1230. The Labute approximate surface area is 189 Å². The van der Waals surface area contributed by atoms with Gasteiger partial charge in [0.15, 0.2) is 9.84 Å². The van der Waals surface area contributed by atoms with Crippen molar-refractivity contribution >= 4 is 31.6 Å². The van der Waals surface area contributed by atoms with Crippen LogP contribution in [0.5, 0.6) is 0 Å². The summed E-state index contributed by atoms with van der Waals surface area (Å²) < 4.78 is 53.0. The molecule has 1 amide bonds. The summed E-state index contributed by atoms with van der Waals surface area (Å²) in [5.74, 6) is -0.0708. The van der Waals surface area contributed by atoms with Crippen molar-refractivity contribution < 1.29 is 21.6 Å². The van der Waals surface area contributed by atoms with Gasteiger partial charge in [-0.25, -0.2) is 26.2 Å². The third-order valence-corrected chi connectivity index (χ3v) is 8.50. The van der Waals surface area contributed by atoms with Crippen LogP contribution in [0.4, 0.5) is 5.82 Å². The molecular formula is C21H30N4O5S2. The smallest absolute Gasteiger partial charge is 0.256 e. The number of sulfonamides is 1. The van der Waals surface area contributed by atoms with Gasteiger partial charge < -0.3 is 5.32 Å². The normalized spacial score (nSPS) is 18.8. The first-order chi connectivity index (χ1) is 14.7. The highest BCUT2D eigenvalue weighted by Crippen LogP contribution is 2.31. The molecular weight excluding hydrogens is 452 g/mol. The number of nitrogens with zero attached hydrogens (tertiary/aromatic N) is 2. The Morgan fingerprint density at radius 2 is 1.91 bits per heavy atom. The number of carbonyl (C=O) groups is 1. The molecule has 1 aliphatic rings. The molecule has 1 aromatic heterocycles. The van der Waals surface area contributed by atoms with E-state index in [1.807, 2.05) is 20.8 Å². The average Bonchev–Trinajstić information content (AvgIpc) is 3.23. The summed E-state index contributed by atoms with van der Waals surface area (Å²) in [7, 11) is -6.90. The molecule has 0 unspecified atom stereocenters. The first-order valence-corrected chi connectivity index (χ1v) is 13.7. The number of carbonyl (C=O) groups excluding carboxylic acids is 1. The number of hydrogen-bond acceptors (Lipinski definition) is 6. The van der Waals surface area contributed by atoms with Gasteiger partial charge in [0.1, 0.15) is 5.82 Å². The van der Waals surface area contributed by atoms with Crippen molar-refractivity contribution in [2.24, 2.45) is 0 Å². The molecule has 0 spiro atoms. The van der Waals surface area contributed by atoms with Gasteiger partial charge in [0.25, 0.3) is 5.91 Å². The van der Waals surface area contributed by atoms with Gasteiger partial charge in [-0.1, -0.05) is 26.8 Å². The van der Waals surface area contributed by atoms with E-state index in [1.54, 1.807) is 24.6 Å². The van der Waals surface area contributed by atoms with Crippen molar-refractivity contribution in [1.29, 1.82) is 0 Å². The third-order valence-electron chi connectivity index (χ3n) is 5.10. The van der Waals surface area contributed by atoms with Crippen LogP contribution in [0.25, 0.3) is 0 Å². The van der Waals surface area contributed by atoms with Gasteiger partial charge in [-0.15, -0.1) is 0 Å². The van der Waals surface area contributed by atoms with E-state index in [2.05, 4.69) is 15.1 Å². The zero-order valence-electron chi connectivity index (χ0n) is 18.9. The van der Waals surface area contributed by atoms with Crippen molar-refractivity contribution in [3.8, 4) is 0 Å². The predicted octanol–water partition coefficient (Wildman–Crippen LogP) is 2.48. The molecule has 0 radical (unpaired) electrons. The molecule has 0 bridgehead atoms. The number of aromatic nitrogens is 2. The van der Waals surface area contributed by atoms with Gasteiger partial charge in [0, 0.05) is 23.1 Å². The fourth-order valence-corrected chi connectivity index (χ4v) is 6.46. The number of hydrogen-bond donors (Lipinski definition) is 2. The molecule has 9 nitrogen and oxygen atoms in total. The Morgan fingerprint density at radius 3 is 2.47 bits per heavy atom. The molecule has 3 rings (SSSR count). The van der Waals surface area contributed by atoms with Crippen molar-refractivity contribution in [2.45, 2.75) is 63.4 Å². The summed E-state index contributed by atoms with van der Waals surface area (Å²) in [4.78, 5) is 13.0. The highest BCUT2D eigenvalue weighted by molar-refractivity contribution is 7.91. The van der Waals surface area contributed by atoms with Crippen LogP contribution in [-0.4, -0.2) is 50.1 Å². The van der Waals surface area contributed by atoms with E-state index in [1.165, 1.54) is 24.3 Å². The Morgan fingerprint density at radius 1 is 1.22 bits per heavy atom. The number of anilines is 1. The maximum atomic E-state index is 13.0. The standard InChI is InChI=1S/C21H30N4O5S2/c1-14(2)24-32(29,30)17-8-6-7-15(11-17)20(26)22-19-12-18(21(3,4)5)23-25(19)16-9-10-31(27,28)13-16/h6-8,11-12,14,16,24H,9-10,13H2,1-5H3,(H,22,26)/t16-/m0/s1. The molecule has 1 aliphatic heterocycles. The lowest BCUT2D eigenvalue weighted by atomic mass is 9.92. The molecule has 2 heterocycles. The molecule has 1 aromatic carbocycles. The first-order valence-electron chi connectivity index (χ1n) is 10.4. The molecule has 2 N–H and O–H groups in total. The second kappa shape index (κ2) is 8.60. The van der Waals surface area contributed by atoms with Crippen LogP contribution in [-0.2, 0) is 25.3 Å². The lowest BCUT2D eigenvalue weighted by molar-refractivity contribution is 0.102. The molecule has 0 saturated carbocycles. The molecule has 176 valence electrons. The van der Waals surface area contributed by atoms with E-state index in [0.717, 1.165) is 5.69 Å². The maximum Gasteiger partial charge on any atom is 0.256 e. The highest BCUT2D eigenvalue weighted by atomic mass is 32.2. The van der Waals surface area contributed by atoms with Crippen molar-refractivity contribution in [2.75, 3.05) is 16.8 Å². The summed E-state index contributed by atoms with van der Waals surface area (Å²) in [5, 5.41) is 7.39. The SMILES string of the molecule is CC(C)NS(=O)(=O)c1cccc(C(=O)Nc2cc(C(C)(C)C)nn2[C@H]2CCS(=O)(=O)C2)c1.